The fourth-order valence-electron chi connectivity index (χ4n) is 2.62. The van der Waals surface area contributed by atoms with Crippen LogP contribution in [0.5, 0.6) is 0 Å². The summed E-state index contributed by atoms with van der Waals surface area (Å²) in [6.07, 6.45) is 0.962. The third kappa shape index (κ3) is 6.52. The first kappa shape index (κ1) is 20.0. The van der Waals surface area contributed by atoms with E-state index in [1.54, 1.807) is 7.05 Å². The van der Waals surface area contributed by atoms with Crippen LogP contribution in [-0.2, 0) is 6.42 Å². The summed E-state index contributed by atoms with van der Waals surface area (Å²) in [5, 5.41) is 9.54. The largest absolute Gasteiger partial charge is 0.355 e. The molecule has 1 aromatic heterocycles. The molecule has 5 nitrogen and oxygen atoms in total. The van der Waals surface area contributed by atoms with E-state index >= 15 is 0 Å². The molecule has 0 bridgehead atoms. The predicted molar refractivity (Wildman–Crippen MR) is 110 cm³/mol. The molecule has 0 aliphatic carbocycles. The van der Waals surface area contributed by atoms with Gasteiger partial charge in [0, 0.05) is 47.9 Å². The smallest absolute Gasteiger partial charge is 0.251 e. The van der Waals surface area contributed by atoms with Crippen LogP contribution in [0.25, 0.3) is 0 Å². The Morgan fingerprint density at radius 1 is 1.15 bits per heavy atom. The van der Waals surface area contributed by atoms with Crippen LogP contribution in [0.1, 0.15) is 32.6 Å². The van der Waals surface area contributed by atoms with E-state index in [0.29, 0.717) is 18.7 Å². The number of carbonyl (C=O) groups is 1. The van der Waals surface area contributed by atoms with Gasteiger partial charge in [0.1, 0.15) is 0 Å². The highest BCUT2D eigenvalue weighted by molar-refractivity contribution is 7.11. The molecule has 1 heterocycles. The van der Waals surface area contributed by atoms with Gasteiger partial charge < -0.3 is 16.0 Å². The molecule has 0 spiro atoms. The molecule has 0 aliphatic heterocycles. The zero-order valence-electron chi connectivity index (χ0n) is 15.9. The monoisotopic (exact) mass is 372 g/mol. The van der Waals surface area contributed by atoms with Gasteiger partial charge in [-0.05, 0) is 45.0 Å². The first-order valence-electron chi connectivity index (χ1n) is 8.85. The van der Waals surface area contributed by atoms with Crippen LogP contribution < -0.4 is 16.0 Å². The van der Waals surface area contributed by atoms with Crippen LogP contribution in [0.4, 0.5) is 0 Å². The molecule has 1 aromatic carbocycles. The summed E-state index contributed by atoms with van der Waals surface area (Å²) in [7, 11) is 1.75. The third-order valence-corrected chi connectivity index (χ3v) is 4.92. The lowest BCUT2D eigenvalue weighted by atomic mass is 10.1. The Balaban J connectivity index is 1.70. The number of nitrogens with zero attached hydrogens (tertiary/aromatic N) is 1. The molecule has 1 atom stereocenters. The second-order valence-electron chi connectivity index (χ2n) is 6.39. The number of rotatable bonds is 7. The van der Waals surface area contributed by atoms with Gasteiger partial charge in [-0.25, -0.2) is 0 Å². The lowest BCUT2D eigenvalue weighted by molar-refractivity contribution is 0.0954. The first-order chi connectivity index (χ1) is 12.5. The van der Waals surface area contributed by atoms with Crippen molar-refractivity contribution in [3.8, 4) is 0 Å². The molecule has 2 aromatic rings. The fraction of sp³-hybridized carbons (Fsp3) is 0.400. The van der Waals surface area contributed by atoms with Gasteiger partial charge in [-0.15, -0.1) is 11.3 Å². The molecule has 0 saturated heterocycles. The summed E-state index contributed by atoms with van der Waals surface area (Å²) in [6.45, 7) is 7.39. The number of carbonyl (C=O) groups excluding carboxylic acids is 1. The van der Waals surface area contributed by atoms with Crippen LogP contribution in [-0.4, -0.2) is 38.0 Å². The van der Waals surface area contributed by atoms with E-state index in [0.717, 1.165) is 17.9 Å². The quantitative estimate of drug-likeness (QED) is 0.398. The summed E-state index contributed by atoms with van der Waals surface area (Å²) in [4.78, 5) is 19.1. The van der Waals surface area contributed by atoms with Crippen LogP contribution in [0, 0.1) is 13.8 Å². The number of thiophene rings is 1. The minimum atomic E-state index is -0.0557. The van der Waals surface area contributed by atoms with Crippen LogP contribution in [0.15, 0.2) is 41.4 Å². The maximum atomic E-state index is 12.1. The standard InChI is InChI=1S/C20H28N4OS/c1-14-6-5-7-17(12-14)19(25)22-10-11-23-20(21-4)24-15(2)13-18-9-8-16(3)26-18/h5-9,12,15H,10-11,13H2,1-4H3,(H,22,25)(H2,21,23,24). The molecule has 0 saturated carbocycles. The minimum Gasteiger partial charge on any atom is -0.355 e. The number of guanidine groups is 1. The van der Waals surface area contributed by atoms with Crippen molar-refractivity contribution in [2.75, 3.05) is 20.1 Å². The lowest BCUT2D eigenvalue weighted by Crippen LogP contribution is -2.45. The Hall–Kier alpha value is -2.34. The lowest BCUT2D eigenvalue weighted by Gasteiger charge is -2.17. The molecule has 3 N–H and O–H groups in total. The Bertz CT molecular complexity index is 754. The second-order valence-corrected chi connectivity index (χ2v) is 7.76. The molecular formula is C20H28N4OS. The second kappa shape index (κ2) is 9.97. The Labute approximate surface area is 159 Å². The summed E-state index contributed by atoms with van der Waals surface area (Å²) in [5.41, 5.74) is 1.77. The van der Waals surface area contributed by atoms with Crippen LogP contribution in [0.3, 0.4) is 0 Å². The highest BCUT2D eigenvalue weighted by atomic mass is 32.1. The number of aryl methyl sites for hydroxylation is 2. The van der Waals surface area contributed by atoms with Crippen molar-refractivity contribution in [1.29, 1.82) is 0 Å². The third-order valence-electron chi connectivity index (χ3n) is 3.89. The SMILES string of the molecule is CN=C(NCCNC(=O)c1cccc(C)c1)NC(C)Cc1ccc(C)s1. The van der Waals surface area contributed by atoms with Crippen molar-refractivity contribution in [2.24, 2.45) is 4.99 Å². The van der Waals surface area contributed by atoms with Gasteiger partial charge in [-0.2, -0.15) is 0 Å². The molecule has 2 rings (SSSR count). The maximum absolute atomic E-state index is 12.1. The van der Waals surface area contributed by atoms with Gasteiger partial charge in [0.05, 0.1) is 0 Å². The van der Waals surface area contributed by atoms with Gasteiger partial charge in [0.2, 0.25) is 0 Å². The molecule has 26 heavy (non-hydrogen) atoms. The van der Waals surface area contributed by atoms with Crippen molar-refractivity contribution in [1.82, 2.24) is 16.0 Å². The molecule has 0 fully saturated rings. The zero-order chi connectivity index (χ0) is 18.9. The number of hydrogen-bond acceptors (Lipinski definition) is 3. The summed E-state index contributed by atoms with van der Waals surface area (Å²) in [5.74, 6) is 0.690. The Kier molecular flexibility index (Phi) is 7.66. The fourth-order valence-corrected chi connectivity index (χ4v) is 3.64. The van der Waals surface area contributed by atoms with Gasteiger partial charge >= 0.3 is 0 Å². The van der Waals surface area contributed by atoms with E-state index in [1.165, 1.54) is 9.75 Å². The molecule has 0 radical (unpaired) electrons. The van der Waals surface area contributed by atoms with Gasteiger partial charge in [0.25, 0.3) is 5.91 Å². The highest BCUT2D eigenvalue weighted by Gasteiger charge is 2.08. The average Bonchev–Trinajstić information content (AvgIpc) is 3.02. The predicted octanol–water partition coefficient (Wildman–Crippen LogP) is 2.89. The van der Waals surface area contributed by atoms with E-state index in [2.05, 4.69) is 46.9 Å². The van der Waals surface area contributed by atoms with Gasteiger partial charge in [-0.1, -0.05) is 17.7 Å². The van der Waals surface area contributed by atoms with Crippen molar-refractivity contribution < 1.29 is 4.79 Å². The van der Waals surface area contributed by atoms with Gasteiger partial charge in [0.15, 0.2) is 5.96 Å². The average molecular weight is 373 g/mol. The van der Waals surface area contributed by atoms with Crippen LogP contribution in [0.2, 0.25) is 0 Å². The molecular weight excluding hydrogens is 344 g/mol. The minimum absolute atomic E-state index is 0.0557. The Morgan fingerprint density at radius 3 is 2.58 bits per heavy atom. The van der Waals surface area contributed by atoms with Crippen molar-refractivity contribution in [3.63, 3.8) is 0 Å². The van der Waals surface area contributed by atoms with E-state index in [1.807, 2.05) is 42.5 Å². The molecule has 1 unspecified atom stereocenters. The van der Waals surface area contributed by atoms with E-state index in [-0.39, 0.29) is 11.9 Å². The summed E-state index contributed by atoms with van der Waals surface area (Å²) >= 11 is 1.83. The molecule has 6 heteroatoms. The topological polar surface area (TPSA) is 65.5 Å². The van der Waals surface area contributed by atoms with Crippen molar-refractivity contribution in [3.05, 3.63) is 57.3 Å². The summed E-state index contributed by atoms with van der Waals surface area (Å²) in [6, 6.07) is 12.2. The number of benzene rings is 1. The number of amides is 1. The van der Waals surface area contributed by atoms with E-state index in [9.17, 15) is 4.79 Å². The Morgan fingerprint density at radius 2 is 1.92 bits per heavy atom. The molecule has 1 amide bonds. The summed E-state index contributed by atoms with van der Waals surface area (Å²) < 4.78 is 0. The number of hydrogen-bond donors (Lipinski definition) is 3. The highest BCUT2D eigenvalue weighted by Crippen LogP contribution is 2.16. The first-order valence-corrected chi connectivity index (χ1v) is 9.67. The molecule has 0 aliphatic rings. The number of nitrogens with one attached hydrogen (secondary N) is 3. The van der Waals surface area contributed by atoms with Gasteiger partial charge in [-0.3, -0.25) is 9.79 Å². The van der Waals surface area contributed by atoms with E-state index < -0.39 is 0 Å². The zero-order valence-corrected chi connectivity index (χ0v) is 16.7. The normalized spacial score (nSPS) is 12.5. The van der Waals surface area contributed by atoms with Crippen LogP contribution >= 0.6 is 11.3 Å². The van der Waals surface area contributed by atoms with Crippen molar-refractivity contribution in [2.45, 2.75) is 33.2 Å². The molecule has 140 valence electrons. The number of aliphatic imine (C=N–C) groups is 1. The van der Waals surface area contributed by atoms with E-state index in [4.69, 9.17) is 0 Å². The van der Waals surface area contributed by atoms with Crippen molar-refractivity contribution >= 4 is 23.2 Å². The maximum Gasteiger partial charge on any atom is 0.251 e.